The summed E-state index contributed by atoms with van der Waals surface area (Å²) >= 11 is 0. The minimum atomic E-state index is -0.539. The van der Waals surface area contributed by atoms with Gasteiger partial charge >= 0.3 is 0 Å². The van der Waals surface area contributed by atoms with Gasteiger partial charge in [-0.25, -0.2) is 4.68 Å². The van der Waals surface area contributed by atoms with E-state index >= 15 is 0 Å². The van der Waals surface area contributed by atoms with Gasteiger partial charge in [0.25, 0.3) is 5.56 Å². The SMILES string of the molecule is CC(C(=O)N1CCCC1)n1ncc(N2CCNCC2)cc1=O.Cl. The van der Waals surface area contributed by atoms with E-state index in [0.717, 1.165) is 57.8 Å². The summed E-state index contributed by atoms with van der Waals surface area (Å²) < 4.78 is 1.30. The third kappa shape index (κ3) is 3.84. The first-order valence-electron chi connectivity index (χ1n) is 8.00. The van der Waals surface area contributed by atoms with Crippen molar-refractivity contribution < 1.29 is 4.79 Å². The number of hydrogen-bond acceptors (Lipinski definition) is 5. The molecule has 2 aliphatic heterocycles. The van der Waals surface area contributed by atoms with Crippen LogP contribution >= 0.6 is 12.4 Å². The fraction of sp³-hybridized carbons (Fsp3) is 0.667. The fourth-order valence-electron chi connectivity index (χ4n) is 3.10. The Morgan fingerprint density at radius 1 is 1.22 bits per heavy atom. The Balaban J connectivity index is 0.00000192. The molecule has 1 atom stereocenters. The lowest BCUT2D eigenvalue weighted by Crippen LogP contribution is -2.44. The van der Waals surface area contributed by atoms with Crippen LogP contribution in [0.15, 0.2) is 17.1 Å². The van der Waals surface area contributed by atoms with Crippen molar-refractivity contribution in [3.8, 4) is 0 Å². The maximum atomic E-state index is 12.4. The van der Waals surface area contributed by atoms with Crippen LogP contribution in [-0.2, 0) is 4.79 Å². The normalized spacial score (nSPS) is 19.3. The quantitative estimate of drug-likeness (QED) is 0.854. The van der Waals surface area contributed by atoms with E-state index in [2.05, 4.69) is 15.3 Å². The highest BCUT2D eigenvalue weighted by atomic mass is 35.5. The van der Waals surface area contributed by atoms with Gasteiger partial charge in [0.2, 0.25) is 5.91 Å². The molecule has 0 spiro atoms. The van der Waals surface area contributed by atoms with Crippen LogP contribution in [0.3, 0.4) is 0 Å². The molecular weight excluding hydrogens is 318 g/mol. The summed E-state index contributed by atoms with van der Waals surface area (Å²) in [4.78, 5) is 28.7. The molecule has 1 aromatic rings. The van der Waals surface area contributed by atoms with Crippen LogP contribution in [0.5, 0.6) is 0 Å². The van der Waals surface area contributed by atoms with Crippen molar-refractivity contribution in [1.82, 2.24) is 20.0 Å². The molecule has 1 unspecified atom stereocenters. The second-order valence-corrected chi connectivity index (χ2v) is 5.94. The first-order valence-corrected chi connectivity index (χ1v) is 8.00. The Labute approximate surface area is 142 Å². The van der Waals surface area contributed by atoms with Gasteiger partial charge in [-0.2, -0.15) is 5.10 Å². The number of amides is 1. The first-order chi connectivity index (χ1) is 10.7. The molecule has 0 radical (unpaired) electrons. The number of rotatable bonds is 3. The average molecular weight is 342 g/mol. The number of carbonyl (C=O) groups is 1. The molecule has 3 rings (SSSR count). The lowest BCUT2D eigenvalue weighted by atomic mass is 10.3. The van der Waals surface area contributed by atoms with Crippen molar-refractivity contribution in [3.63, 3.8) is 0 Å². The van der Waals surface area contributed by atoms with Gasteiger partial charge in [-0.15, -0.1) is 12.4 Å². The third-order valence-electron chi connectivity index (χ3n) is 4.44. The Morgan fingerprint density at radius 3 is 2.48 bits per heavy atom. The van der Waals surface area contributed by atoms with Gasteiger partial charge < -0.3 is 15.1 Å². The van der Waals surface area contributed by atoms with Crippen molar-refractivity contribution in [1.29, 1.82) is 0 Å². The molecule has 23 heavy (non-hydrogen) atoms. The minimum absolute atomic E-state index is 0. The Kier molecular flexibility index (Phi) is 6.01. The maximum Gasteiger partial charge on any atom is 0.269 e. The molecule has 7 nitrogen and oxygen atoms in total. The van der Waals surface area contributed by atoms with Crippen molar-refractivity contribution in [2.75, 3.05) is 44.2 Å². The predicted octanol–water partition coefficient (Wildman–Crippen LogP) is 0.258. The van der Waals surface area contributed by atoms with Crippen molar-refractivity contribution in [3.05, 3.63) is 22.6 Å². The zero-order valence-corrected chi connectivity index (χ0v) is 14.2. The molecule has 2 aliphatic rings. The number of anilines is 1. The standard InChI is InChI=1S/C15H23N5O2.ClH/c1-12(15(22)19-6-2-3-7-19)20-14(21)10-13(11-17-20)18-8-4-16-5-9-18;/h10-12,16H,2-9H2,1H3;1H. The highest BCUT2D eigenvalue weighted by Gasteiger charge is 2.26. The number of hydrogen-bond donors (Lipinski definition) is 1. The van der Waals surface area contributed by atoms with E-state index < -0.39 is 6.04 Å². The predicted molar refractivity (Wildman–Crippen MR) is 91.4 cm³/mol. The number of nitrogens with zero attached hydrogens (tertiary/aromatic N) is 4. The summed E-state index contributed by atoms with van der Waals surface area (Å²) in [6.45, 7) is 6.88. The summed E-state index contributed by atoms with van der Waals surface area (Å²) in [7, 11) is 0. The monoisotopic (exact) mass is 341 g/mol. The lowest BCUT2D eigenvalue weighted by molar-refractivity contribution is -0.133. The van der Waals surface area contributed by atoms with Gasteiger partial charge in [0.05, 0.1) is 11.9 Å². The van der Waals surface area contributed by atoms with Crippen LogP contribution in [0.2, 0.25) is 0 Å². The summed E-state index contributed by atoms with van der Waals surface area (Å²) in [5.74, 6) is -0.0120. The van der Waals surface area contributed by atoms with Gasteiger partial charge in [0.1, 0.15) is 6.04 Å². The van der Waals surface area contributed by atoms with E-state index in [1.54, 1.807) is 19.2 Å². The van der Waals surface area contributed by atoms with Crippen LogP contribution in [0.4, 0.5) is 5.69 Å². The first kappa shape index (κ1) is 17.7. The van der Waals surface area contributed by atoms with Crippen LogP contribution < -0.4 is 15.8 Å². The Morgan fingerprint density at radius 2 is 1.87 bits per heavy atom. The number of piperazine rings is 1. The fourth-order valence-corrected chi connectivity index (χ4v) is 3.10. The summed E-state index contributed by atoms with van der Waals surface area (Å²) in [5.41, 5.74) is 0.625. The van der Waals surface area contributed by atoms with Crippen LogP contribution in [0, 0.1) is 0 Å². The summed E-state index contributed by atoms with van der Waals surface area (Å²) in [6, 6.07) is 1.05. The maximum absolute atomic E-state index is 12.4. The molecule has 0 aliphatic carbocycles. The zero-order chi connectivity index (χ0) is 15.5. The molecular formula is C15H24ClN5O2. The van der Waals surface area contributed by atoms with Crippen molar-refractivity contribution in [2.24, 2.45) is 0 Å². The van der Waals surface area contributed by atoms with Gasteiger partial charge in [-0.1, -0.05) is 0 Å². The summed E-state index contributed by atoms with van der Waals surface area (Å²) in [5, 5.41) is 7.52. The van der Waals surface area contributed by atoms with E-state index in [1.807, 2.05) is 4.90 Å². The molecule has 2 saturated heterocycles. The largest absolute Gasteiger partial charge is 0.368 e. The number of likely N-dealkylation sites (tertiary alicyclic amines) is 1. The topological polar surface area (TPSA) is 70.5 Å². The molecule has 128 valence electrons. The van der Waals surface area contributed by atoms with E-state index in [-0.39, 0.29) is 23.9 Å². The van der Waals surface area contributed by atoms with Crippen LogP contribution in [0.25, 0.3) is 0 Å². The minimum Gasteiger partial charge on any atom is -0.368 e. The van der Waals surface area contributed by atoms with Crippen molar-refractivity contribution in [2.45, 2.75) is 25.8 Å². The highest BCUT2D eigenvalue weighted by Crippen LogP contribution is 2.15. The van der Waals surface area contributed by atoms with Crippen LogP contribution in [0.1, 0.15) is 25.8 Å². The molecule has 1 N–H and O–H groups in total. The lowest BCUT2D eigenvalue weighted by Gasteiger charge is -2.29. The van der Waals surface area contributed by atoms with Crippen molar-refractivity contribution >= 4 is 24.0 Å². The van der Waals surface area contributed by atoms with E-state index in [9.17, 15) is 9.59 Å². The molecule has 1 aromatic heterocycles. The third-order valence-corrected chi connectivity index (χ3v) is 4.44. The number of carbonyl (C=O) groups excluding carboxylic acids is 1. The second kappa shape index (κ2) is 7.79. The van der Waals surface area contributed by atoms with E-state index in [1.165, 1.54) is 4.68 Å². The number of aromatic nitrogens is 2. The number of halogens is 1. The Hall–Kier alpha value is -1.60. The average Bonchev–Trinajstić information content (AvgIpc) is 3.09. The van der Waals surface area contributed by atoms with Gasteiger partial charge in [-0.05, 0) is 19.8 Å². The van der Waals surface area contributed by atoms with Gasteiger partial charge in [0.15, 0.2) is 0 Å². The van der Waals surface area contributed by atoms with Crippen LogP contribution in [-0.4, -0.2) is 59.9 Å². The molecule has 1 amide bonds. The molecule has 0 saturated carbocycles. The smallest absolute Gasteiger partial charge is 0.269 e. The van der Waals surface area contributed by atoms with E-state index in [4.69, 9.17) is 0 Å². The molecule has 8 heteroatoms. The molecule has 0 aromatic carbocycles. The summed E-state index contributed by atoms with van der Waals surface area (Å²) in [6.07, 6.45) is 3.78. The molecule has 0 bridgehead atoms. The zero-order valence-electron chi connectivity index (χ0n) is 13.4. The molecule has 2 fully saturated rings. The second-order valence-electron chi connectivity index (χ2n) is 5.94. The Bertz CT molecular complexity index is 594. The van der Waals surface area contributed by atoms with Gasteiger partial charge in [0, 0.05) is 45.3 Å². The highest BCUT2D eigenvalue weighted by molar-refractivity contribution is 5.85. The molecule has 3 heterocycles. The van der Waals surface area contributed by atoms with E-state index in [0.29, 0.717) is 0 Å². The van der Waals surface area contributed by atoms with Gasteiger partial charge in [-0.3, -0.25) is 9.59 Å². The number of nitrogens with one attached hydrogen (secondary N) is 1.